The van der Waals surface area contributed by atoms with Crippen molar-refractivity contribution in [2.24, 2.45) is 5.92 Å². The SMILES string of the molecule is COCCNC(=O)OCCC1CCN(C(=O)CC[C@H](NC(=O)[C@@H]2CCCN2S(=O)(=O)c2cc(Cl)cc(Cl)c2)C(=O)O)CC1. The van der Waals surface area contributed by atoms with Gasteiger partial charge in [-0.1, -0.05) is 23.2 Å². The number of aliphatic carboxylic acids is 1. The second-order valence-corrected chi connectivity index (χ2v) is 13.2. The molecule has 43 heavy (non-hydrogen) atoms. The van der Waals surface area contributed by atoms with Gasteiger partial charge in [-0.25, -0.2) is 18.0 Å². The van der Waals surface area contributed by atoms with Gasteiger partial charge in [-0.05, 0) is 62.6 Å². The molecule has 3 rings (SSSR count). The van der Waals surface area contributed by atoms with Gasteiger partial charge in [0.15, 0.2) is 0 Å². The maximum absolute atomic E-state index is 13.3. The van der Waals surface area contributed by atoms with Gasteiger partial charge >= 0.3 is 12.1 Å². The Morgan fingerprint density at radius 3 is 2.35 bits per heavy atom. The average Bonchev–Trinajstić information content (AvgIpc) is 3.46. The lowest BCUT2D eigenvalue weighted by Crippen LogP contribution is -2.51. The normalized spacial score (nSPS) is 18.7. The van der Waals surface area contributed by atoms with Crippen LogP contribution in [0.4, 0.5) is 4.79 Å². The molecule has 2 saturated heterocycles. The number of benzene rings is 1. The number of ether oxygens (including phenoxy) is 2. The third-order valence-corrected chi connectivity index (χ3v) is 9.83. The number of amides is 3. The maximum Gasteiger partial charge on any atom is 0.407 e. The average molecular weight is 666 g/mol. The number of hydrogen-bond donors (Lipinski definition) is 3. The number of alkyl carbamates (subject to hydrolysis) is 1. The number of halogens is 2. The summed E-state index contributed by atoms with van der Waals surface area (Å²) in [6, 6.07) is 1.39. The lowest BCUT2D eigenvalue weighted by atomic mass is 9.93. The van der Waals surface area contributed by atoms with Crippen LogP contribution in [-0.2, 0) is 33.9 Å². The molecule has 0 saturated carbocycles. The first-order valence-corrected chi connectivity index (χ1v) is 16.3. The van der Waals surface area contributed by atoms with Crippen LogP contribution in [0.1, 0.15) is 44.9 Å². The number of hydrogen-bond acceptors (Lipinski definition) is 8. The van der Waals surface area contributed by atoms with Gasteiger partial charge in [0, 0.05) is 49.8 Å². The van der Waals surface area contributed by atoms with Crippen molar-refractivity contribution in [1.29, 1.82) is 0 Å². The first-order chi connectivity index (χ1) is 20.4. The van der Waals surface area contributed by atoms with Crippen molar-refractivity contribution in [3.05, 3.63) is 28.2 Å². The van der Waals surface area contributed by atoms with Crippen LogP contribution >= 0.6 is 23.2 Å². The molecule has 0 radical (unpaired) electrons. The van der Waals surface area contributed by atoms with Crippen molar-refractivity contribution in [1.82, 2.24) is 19.8 Å². The third kappa shape index (κ3) is 10.2. The molecule has 0 spiro atoms. The van der Waals surface area contributed by atoms with E-state index in [4.69, 9.17) is 32.7 Å². The van der Waals surface area contributed by atoms with Crippen molar-refractivity contribution < 1.29 is 42.2 Å². The van der Waals surface area contributed by atoms with Crippen molar-refractivity contribution >= 4 is 57.1 Å². The predicted molar refractivity (Wildman–Crippen MR) is 157 cm³/mol. The molecule has 1 aromatic carbocycles. The van der Waals surface area contributed by atoms with Crippen LogP contribution in [0.3, 0.4) is 0 Å². The van der Waals surface area contributed by atoms with Crippen LogP contribution in [0.25, 0.3) is 0 Å². The van der Waals surface area contributed by atoms with E-state index in [-0.39, 0.29) is 59.2 Å². The number of carboxylic acid groups (broad SMARTS) is 1. The number of nitrogens with zero attached hydrogens (tertiary/aromatic N) is 2. The number of carbonyl (C=O) groups is 4. The molecule has 240 valence electrons. The maximum atomic E-state index is 13.3. The van der Waals surface area contributed by atoms with E-state index in [0.29, 0.717) is 39.1 Å². The van der Waals surface area contributed by atoms with E-state index in [1.807, 2.05) is 0 Å². The minimum Gasteiger partial charge on any atom is -0.480 e. The molecule has 0 bridgehead atoms. The Kier molecular flexibility index (Phi) is 13.3. The lowest BCUT2D eigenvalue weighted by Gasteiger charge is -2.32. The Labute approximate surface area is 261 Å². The van der Waals surface area contributed by atoms with Crippen LogP contribution in [0.15, 0.2) is 23.1 Å². The van der Waals surface area contributed by atoms with Crippen molar-refractivity contribution in [2.45, 2.75) is 61.9 Å². The molecule has 13 nitrogen and oxygen atoms in total. The van der Waals surface area contributed by atoms with E-state index in [1.165, 1.54) is 25.3 Å². The number of carboxylic acids is 1. The molecule has 16 heteroatoms. The predicted octanol–water partition coefficient (Wildman–Crippen LogP) is 2.50. The van der Waals surface area contributed by atoms with Gasteiger partial charge in [0.1, 0.15) is 12.1 Å². The second kappa shape index (κ2) is 16.4. The fourth-order valence-corrected chi connectivity index (χ4v) is 7.53. The zero-order chi connectivity index (χ0) is 31.6. The van der Waals surface area contributed by atoms with Gasteiger partial charge in [0.2, 0.25) is 21.8 Å². The summed E-state index contributed by atoms with van der Waals surface area (Å²) in [7, 11) is -2.59. The molecule has 1 aromatic rings. The summed E-state index contributed by atoms with van der Waals surface area (Å²) in [5.41, 5.74) is 0. The quantitative estimate of drug-likeness (QED) is 0.253. The molecule has 2 fully saturated rings. The van der Waals surface area contributed by atoms with Gasteiger partial charge in [0.25, 0.3) is 0 Å². The molecule has 3 N–H and O–H groups in total. The summed E-state index contributed by atoms with van der Waals surface area (Å²) in [5.74, 6) is -2.00. The molecule has 2 atom stereocenters. The zero-order valence-corrected chi connectivity index (χ0v) is 26.3. The summed E-state index contributed by atoms with van der Waals surface area (Å²) in [6.45, 7) is 2.09. The first kappa shape index (κ1) is 34.8. The van der Waals surface area contributed by atoms with Crippen molar-refractivity contribution in [3.63, 3.8) is 0 Å². The lowest BCUT2D eigenvalue weighted by molar-refractivity contribution is -0.143. The van der Waals surface area contributed by atoms with E-state index in [2.05, 4.69) is 10.6 Å². The number of piperidine rings is 1. The number of sulfonamides is 1. The summed E-state index contributed by atoms with van der Waals surface area (Å²) < 4.78 is 37.6. The van der Waals surface area contributed by atoms with Gasteiger partial charge in [-0.15, -0.1) is 0 Å². The molecule has 3 amide bonds. The van der Waals surface area contributed by atoms with Crippen LogP contribution in [0.2, 0.25) is 10.0 Å². The highest BCUT2D eigenvalue weighted by molar-refractivity contribution is 7.89. The number of likely N-dealkylation sites (tertiary alicyclic amines) is 1. The second-order valence-electron chi connectivity index (χ2n) is 10.5. The summed E-state index contributed by atoms with van der Waals surface area (Å²) in [4.78, 5) is 51.0. The third-order valence-electron chi connectivity index (χ3n) is 7.51. The minimum atomic E-state index is -4.13. The monoisotopic (exact) mass is 664 g/mol. The molecular weight excluding hydrogens is 627 g/mol. The molecule has 2 heterocycles. The molecule has 0 unspecified atom stereocenters. The highest BCUT2D eigenvalue weighted by atomic mass is 35.5. The van der Waals surface area contributed by atoms with Gasteiger partial charge in [-0.2, -0.15) is 4.31 Å². The van der Waals surface area contributed by atoms with Crippen molar-refractivity contribution in [3.8, 4) is 0 Å². The van der Waals surface area contributed by atoms with Crippen LogP contribution in [-0.4, -0.2) is 105 Å². The Morgan fingerprint density at radius 1 is 1.05 bits per heavy atom. The number of nitrogens with one attached hydrogen (secondary N) is 2. The standard InChI is InChI=1S/C27H38Cl2N4O9S/c1-41-14-9-30-27(38)42-13-8-18-6-11-32(12-7-18)24(34)5-4-22(26(36)37)31-25(35)23-3-2-10-33(23)43(39,40)21-16-19(28)15-20(29)17-21/h15-18,22-23H,2-14H2,1H3,(H,30,38)(H,31,35)(H,36,37)/t22-,23-/m0/s1. The highest BCUT2D eigenvalue weighted by Crippen LogP contribution is 2.30. The Hall–Kier alpha value is -2.65. The van der Waals surface area contributed by atoms with E-state index < -0.39 is 40.1 Å². The van der Waals surface area contributed by atoms with Crippen LogP contribution < -0.4 is 10.6 Å². The van der Waals surface area contributed by atoms with E-state index in [9.17, 15) is 32.7 Å². The molecule has 2 aliphatic rings. The smallest absolute Gasteiger partial charge is 0.407 e. The van der Waals surface area contributed by atoms with Gasteiger partial charge in [-0.3, -0.25) is 9.59 Å². The van der Waals surface area contributed by atoms with Crippen LogP contribution in [0.5, 0.6) is 0 Å². The molecular formula is C27H38Cl2N4O9S. The van der Waals surface area contributed by atoms with Gasteiger partial charge < -0.3 is 30.1 Å². The minimum absolute atomic E-state index is 0.0738. The van der Waals surface area contributed by atoms with Crippen LogP contribution in [0, 0.1) is 5.92 Å². The van der Waals surface area contributed by atoms with Crippen molar-refractivity contribution in [2.75, 3.05) is 46.5 Å². The topological polar surface area (TPSA) is 172 Å². The summed E-state index contributed by atoms with van der Waals surface area (Å²) in [6.07, 6.45) is 2.00. The Balaban J connectivity index is 1.46. The number of methoxy groups -OCH3 is 1. The Morgan fingerprint density at radius 2 is 1.72 bits per heavy atom. The highest BCUT2D eigenvalue weighted by Gasteiger charge is 2.41. The summed E-state index contributed by atoms with van der Waals surface area (Å²) >= 11 is 11.9. The largest absolute Gasteiger partial charge is 0.480 e. The van der Waals surface area contributed by atoms with E-state index in [1.54, 1.807) is 4.90 Å². The van der Waals surface area contributed by atoms with E-state index >= 15 is 0 Å². The van der Waals surface area contributed by atoms with Gasteiger partial charge in [0.05, 0.1) is 18.1 Å². The summed E-state index contributed by atoms with van der Waals surface area (Å²) in [5, 5.41) is 15.0. The number of rotatable bonds is 14. The molecule has 0 aliphatic carbocycles. The Bertz CT molecular complexity index is 1240. The molecule has 0 aromatic heterocycles. The fraction of sp³-hybridized carbons (Fsp3) is 0.630. The first-order valence-electron chi connectivity index (χ1n) is 14.1. The number of carbonyl (C=O) groups excluding carboxylic acids is 3. The van der Waals surface area contributed by atoms with E-state index in [0.717, 1.165) is 17.1 Å². The zero-order valence-electron chi connectivity index (χ0n) is 23.9. The fourth-order valence-electron chi connectivity index (χ4n) is 5.15. The molecule has 2 aliphatic heterocycles.